The summed E-state index contributed by atoms with van der Waals surface area (Å²) in [7, 11) is 1.27. The Hall–Kier alpha value is -2.55. The number of ether oxygens (including phenoxy) is 1. The minimum absolute atomic E-state index is 0.0467. The van der Waals surface area contributed by atoms with Crippen molar-refractivity contribution in [2.75, 3.05) is 26.7 Å². The maximum absolute atomic E-state index is 13.3. The van der Waals surface area contributed by atoms with E-state index in [0.717, 1.165) is 18.4 Å². The van der Waals surface area contributed by atoms with Gasteiger partial charge in [-0.05, 0) is 37.8 Å². The molecule has 168 valence electrons. The van der Waals surface area contributed by atoms with E-state index in [1.165, 1.54) is 7.11 Å². The molecule has 0 unspecified atom stereocenters. The summed E-state index contributed by atoms with van der Waals surface area (Å²) in [6.45, 7) is 0.447. The topological polar surface area (TPSA) is 61.9 Å². The van der Waals surface area contributed by atoms with E-state index >= 15 is 0 Å². The number of hydrogen-bond donors (Lipinski definition) is 1. The Bertz CT molecular complexity index is 868. The highest BCUT2D eigenvalue weighted by molar-refractivity contribution is 5.95. The van der Waals surface area contributed by atoms with Crippen molar-refractivity contribution in [3.8, 4) is 0 Å². The summed E-state index contributed by atoms with van der Waals surface area (Å²) in [6, 6.07) is 7.96. The molecule has 6 nitrogen and oxygen atoms in total. The molecule has 2 heterocycles. The average molecular weight is 437 g/mol. The number of hydrogen-bond acceptors (Lipinski definition) is 4. The van der Waals surface area contributed by atoms with Gasteiger partial charge >= 0.3 is 18.2 Å². The monoisotopic (exact) mass is 437 g/mol. The first-order valence-electron chi connectivity index (χ1n) is 10.5. The molecule has 0 aromatic heterocycles. The van der Waals surface area contributed by atoms with Gasteiger partial charge in [0.15, 0.2) is 0 Å². The molecule has 1 aliphatic carbocycles. The van der Waals surface area contributed by atoms with Crippen molar-refractivity contribution >= 4 is 12.0 Å². The van der Waals surface area contributed by atoms with Gasteiger partial charge in [-0.1, -0.05) is 30.3 Å². The molecule has 1 N–H and O–H groups in total. The Morgan fingerprint density at radius 1 is 1.19 bits per heavy atom. The largest absolute Gasteiger partial charge is 0.466 e. The number of amides is 2. The van der Waals surface area contributed by atoms with Gasteiger partial charge in [-0.25, -0.2) is 9.59 Å². The fourth-order valence-electron chi connectivity index (χ4n) is 4.48. The summed E-state index contributed by atoms with van der Waals surface area (Å²) in [6.07, 6.45) is -2.14. The molecule has 9 heteroatoms. The lowest BCUT2D eigenvalue weighted by Crippen LogP contribution is -2.52. The summed E-state index contributed by atoms with van der Waals surface area (Å²) in [5.74, 6) is -1.99. The number of carbonyl (C=O) groups excluding carboxylic acids is 2. The van der Waals surface area contributed by atoms with Crippen LogP contribution >= 0.6 is 0 Å². The maximum Gasteiger partial charge on any atom is 0.393 e. The van der Waals surface area contributed by atoms with Gasteiger partial charge in [-0.2, -0.15) is 13.2 Å². The van der Waals surface area contributed by atoms with Crippen LogP contribution in [-0.2, 0) is 9.53 Å². The van der Waals surface area contributed by atoms with Crippen molar-refractivity contribution in [3.05, 3.63) is 47.2 Å². The Balaban J connectivity index is 1.73. The Morgan fingerprint density at radius 2 is 1.90 bits per heavy atom. The normalized spacial score (nSPS) is 25.4. The summed E-state index contributed by atoms with van der Waals surface area (Å²) < 4.78 is 45.0. The van der Waals surface area contributed by atoms with Gasteiger partial charge < -0.3 is 10.1 Å². The van der Waals surface area contributed by atoms with Crippen molar-refractivity contribution in [2.24, 2.45) is 5.92 Å². The molecule has 1 saturated heterocycles. The minimum Gasteiger partial charge on any atom is -0.466 e. The summed E-state index contributed by atoms with van der Waals surface area (Å²) in [5.41, 5.74) is 1.46. The van der Waals surface area contributed by atoms with Gasteiger partial charge in [0.2, 0.25) is 0 Å². The van der Waals surface area contributed by atoms with Crippen LogP contribution in [0.4, 0.5) is 18.0 Å². The molecule has 0 spiro atoms. The second-order valence-corrected chi connectivity index (χ2v) is 8.36. The Labute approximate surface area is 179 Å². The third-order valence-electron chi connectivity index (χ3n) is 6.17. The Kier molecular flexibility index (Phi) is 5.96. The van der Waals surface area contributed by atoms with Crippen molar-refractivity contribution < 1.29 is 27.5 Å². The zero-order valence-corrected chi connectivity index (χ0v) is 17.3. The number of methoxy groups -OCH3 is 1. The number of halogens is 3. The fourth-order valence-corrected chi connectivity index (χ4v) is 4.48. The summed E-state index contributed by atoms with van der Waals surface area (Å²) in [4.78, 5) is 29.1. The number of carbonyl (C=O) groups is 2. The average Bonchev–Trinajstić information content (AvgIpc) is 3.58. The van der Waals surface area contributed by atoms with E-state index in [4.69, 9.17) is 4.74 Å². The van der Waals surface area contributed by atoms with E-state index in [0.29, 0.717) is 18.7 Å². The first-order chi connectivity index (χ1) is 14.8. The van der Waals surface area contributed by atoms with Gasteiger partial charge in [-0.3, -0.25) is 9.80 Å². The van der Waals surface area contributed by atoms with Gasteiger partial charge in [0.05, 0.1) is 24.6 Å². The first kappa shape index (κ1) is 21.7. The molecule has 1 saturated carbocycles. The summed E-state index contributed by atoms with van der Waals surface area (Å²) in [5, 5.41) is 2.90. The number of piperidine rings is 1. The van der Waals surface area contributed by atoms with Crippen LogP contribution in [0.25, 0.3) is 0 Å². The standard InChI is InChI=1S/C22H26F3N3O3/c1-31-20(29)18-17(13-27-11-5-8-15(12-27)22(23,24)25)28(16-9-10-16)21(30)26-19(18)14-6-3-2-4-7-14/h2-4,6-7,15-16,19H,5,8-13H2,1H3,(H,26,30)/t15-,19+/m1/s1. The highest BCUT2D eigenvalue weighted by atomic mass is 19.4. The van der Waals surface area contributed by atoms with E-state index < -0.39 is 24.1 Å². The predicted octanol–water partition coefficient (Wildman–Crippen LogP) is 3.62. The van der Waals surface area contributed by atoms with Crippen molar-refractivity contribution in [3.63, 3.8) is 0 Å². The van der Waals surface area contributed by atoms with E-state index in [2.05, 4.69) is 5.32 Å². The molecule has 0 bridgehead atoms. The maximum atomic E-state index is 13.3. The molecule has 2 amide bonds. The number of nitrogens with one attached hydrogen (secondary N) is 1. The van der Waals surface area contributed by atoms with E-state index in [1.807, 2.05) is 18.2 Å². The van der Waals surface area contributed by atoms with Crippen LogP contribution in [0, 0.1) is 5.92 Å². The lowest BCUT2D eigenvalue weighted by atomic mass is 9.93. The number of nitrogens with zero attached hydrogens (tertiary/aromatic N) is 2. The molecule has 2 atom stereocenters. The van der Waals surface area contributed by atoms with E-state index in [9.17, 15) is 22.8 Å². The second-order valence-electron chi connectivity index (χ2n) is 8.36. The lowest BCUT2D eigenvalue weighted by Gasteiger charge is -2.40. The van der Waals surface area contributed by atoms with Gasteiger partial charge in [0, 0.05) is 24.8 Å². The number of benzene rings is 1. The number of urea groups is 1. The molecular weight excluding hydrogens is 411 g/mol. The van der Waals surface area contributed by atoms with Crippen LogP contribution in [0.15, 0.2) is 41.6 Å². The predicted molar refractivity (Wildman–Crippen MR) is 107 cm³/mol. The number of esters is 1. The lowest BCUT2D eigenvalue weighted by molar-refractivity contribution is -0.186. The van der Waals surface area contributed by atoms with Gasteiger partial charge in [-0.15, -0.1) is 0 Å². The van der Waals surface area contributed by atoms with Gasteiger partial charge in [0.1, 0.15) is 0 Å². The van der Waals surface area contributed by atoms with Crippen molar-refractivity contribution in [1.82, 2.24) is 15.1 Å². The third-order valence-corrected chi connectivity index (χ3v) is 6.17. The van der Waals surface area contributed by atoms with Crippen molar-refractivity contribution in [2.45, 2.75) is 43.9 Å². The van der Waals surface area contributed by atoms with Crippen molar-refractivity contribution in [1.29, 1.82) is 0 Å². The second kappa shape index (κ2) is 8.53. The zero-order chi connectivity index (χ0) is 22.2. The van der Waals surface area contributed by atoms with Crippen LogP contribution < -0.4 is 5.32 Å². The molecule has 2 fully saturated rings. The minimum atomic E-state index is -4.26. The molecule has 31 heavy (non-hydrogen) atoms. The zero-order valence-electron chi connectivity index (χ0n) is 17.3. The highest BCUT2D eigenvalue weighted by Crippen LogP contribution is 2.39. The van der Waals surface area contributed by atoms with Crippen LogP contribution in [0.1, 0.15) is 37.3 Å². The fraction of sp³-hybridized carbons (Fsp3) is 0.545. The first-order valence-corrected chi connectivity index (χ1v) is 10.5. The number of alkyl halides is 3. The highest BCUT2D eigenvalue weighted by Gasteiger charge is 2.46. The molecule has 4 rings (SSSR count). The SMILES string of the molecule is COC(=O)C1=C(CN2CCC[C@@H](C(F)(F)F)C2)N(C2CC2)C(=O)N[C@H]1c1ccccc1. The van der Waals surface area contributed by atoms with Crippen LogP contribution in [0.2, 0.25) is 0 Å². The quantitative estimate of drug-likeness (QED) is 0.715. The van der Waals surface area contributed by atoms with E-state index in [-0.39, 0.29) is 37.2 Å². The van der Waals surface area contributed by atoms with Crippen LogP contribution in [0.3, 0.4) is 0 Å². The van der Waals surface area contributed by atoms with E-state index in [1.54, 1.807) is 21.9 Å². The summed E-state index contributed by atoms with van der Waals surface area (Å²) >= 11 is 0. The third kappa shape index (κ3) is 4.56. The number of rotatable bonds is 5. The van der Waals surface area contributed by atoms with Gasteiger partial charge in [0.25, 0.3) is 0 Å². The molecule has 2 aliphatic heterocycles. The molecular formula is C22H26F3N3O3. The van der Waals surface area contributed by atoms with Crippen LogP contribution in [0.5, 0.6) is 0 Å². The molecule has 3 aliphatic rings. The molecule has 1 aromatic rings. The number of likely N-dealkylation sites (tertiary alicyclic amines) is 1. The molecule has 1 aromatic carbocycles. The smallest absolute Gasteiger partial charge is 0.393 e. The Morgan fingerprint density at radius 3 is 2.52 bits per heavy atom. The molecule has 0 radical (unpaired) electrons. The van der Waals surface area contributed by atoms with Crippen LogP contribution in [-0.4, -0.2) is 60.8 Å².